The number of halogens is 4. The van der Waals surface area contributed by atoms with Crippen molar-refractivity contribution in [3.05, 3.63) is 92.5 Å². The van der Waals surface area contributed by atoms with Gasteiger partial charge in [-0.2, -0.15) is 18.3 Å². The molecule has 2 saturated heterocycles. The van der Waals surface area contributed by atoms with E-state index in [4.69, 9.17) is 26.1 Å². The van der Waals surface area contributed by atoms with Gasteiger partial charge in [0.25, 0.3) is 5.56 Å². The van der Waals surface area contributed by atoms with Crippen LogP contribution in [0.2, 0.25) is 5.02 Å². The average molecular weight is 803 g/mol. The number of fused-ring (bicyclic) bond motifs is 2. The Bertz CT molecular complexity index is 2460. The predicted octanol–water partition coefficient (Wildman–Crippen LogP) is 7.28. The summed E-state index contributed by atoms with van der Waals surface area (Å²) in [5.74, 6) is 0.309. The molecule has 5 aromatic rings. The fraction of sp³-hybridized carbons (Fsp3) is 0.390. The lowest BCUT2D eigenvalue weighted by Crippen LogP contribution is -2.61. The van der Waals surface area contributed by atoms with Crippen LogP contribution in [-0.2, 0) is 24.4 Å². The number of benzene rings is 2. The van der Waals surface area contributed by atoms with Gasteiger partial charge in [-0.15, -0.1) is 0 Å². The number of hydrogen-bond acceptors (Lipinski definition) is 9. The standard InChI is InChI=1S/C41H42ClF3N8O4/c1-23-26(7-6-10-29(23)47-36-34-25(21-46-51(2)38(34)54)20-32(49-36)41(43,44)45)27-8-5-9-28(35(27)42)30-19-24-11-12-31(33(24)37(48-30)57-4)53-16-14-40(22-53)13-15-52(17-18-56-3)39(55)50-40/h5-10,19-21,31H,11-18,22H2,1-4H3,(H,47,49)(H,50,55)/t31-,40+/m1/s1. The molecule has 57 heavy (non-hydrogen) atoms. The Labute approximate surface area is 331 Å². The number of urea groups is 1. The highest BCUT2D eigenvalue weighted by Gasteiger charge is 2.46. The second-order valence-electron chi connectivity index (χ2n) is 15.0. The topological polar surface area (TPSA) is 127 Å². The summed E-state index contributed by atoms with van der Waals surface area (Å²) in [4.78, 5) is 39.2. The predicted molar refractivity (Wildman–Crippen MR) is 211 cm³/mol. The van der Waals surface area contributed by atoms with Crippen LogP contribution in [0.4, 0.5) is 29.5 Å². The quantitative estimate of drug-likeness (QED) is 0.158. The number of anilines is 2. The van der Waals surface area contributed by atoms with Crippen molar-refractivity contribution in [2.24, 2.45) is 7.05 Å². The number of ether oxygens (including phenoxy) is 2. The molecule has 0 radical (unpaired) electrons. The molecule has 8 rings (SSSR count). The van der Waals surface area contributed by atoms with Crippen LogP contribution in [0.25, 0.3) is 33.2 Å². The fourth-order valence-electron chi connectivity index (χ4n) is 8.57. The number of methoxy groups -OCH3 is 2. The van der Waals surface area contributed by atoms with Gasteiger partial charge >= 0.3 is 12.2 Å². The van der Waals surface area contributed by atoms with Crippen LogP contribution in [-0.4, -0.2) is 88.1 Å². The van der Waals surface area contributed by atoms with Gasteiger partial charge in [0, 0.05) is 74.1 Å². The monoisotopic (exact) mass is 802 g/mol. The SMILES string of the molecule is COCCN1CC[C@@]2(CCN([C@@H]3CCc4cc(-c5cccc(-c6cccc(Nc7nc(C(F)(F)F)cc8cnn(C)c(=O)c78)c6C)c5Cl)nc(OC)c43)C2)NC1=O. The van der Waals surface area contributed by atoms with Crippen LogP contribution in [0.3, 0.4) is 0 Å². The molecule has 2 aliphatic heterocycles. The van der Waals surface area contributed by atoms with E-state index < -0.39 is 17.4 Å². The highest BCUT2D eigenvalue weighted by atomic mass is 35.5. The molecule has 16 heteroatoms. The summed E-state index contributed by atoms with van der Waals surface area (Å²) in [6, 6.07) is 14.0. The van der Waals surface area contributed by atoms with Crippen molar-refractivity contribution in [2.75, 3.05) is 52.3 Å². The van der Waals surface area contributed by atoms with Gasteiger partial charge in [0.05, 0.1) is 41.6 Å². The van der Waals surface area contributed by atoms with E-state index in [0.717, 1.165) is 66.2 Å². The number of amides is 2. The number of nitrogens with zero attached hydrogens (tertiary/aromatic N) is 6. The molecular formula is C41H42ClF3N8O4. The van der Waals surface area contributed by atoms with Crippen molar-refractivity contribution in [3.63, 3.8) is 0 Å². The normalized spacial score (nSPS) is 19.7. The van der Waals surface area contributed by atoms with E-state index in [2.05, 4.69) is 31.7 Å². The van der Waals surface area contributed by atoms with E-state index >= 15 is 0 Å². The first-order valence-corrected chi connectivity index (χ1v) is 19.2. The first-order chi connectivity index (χ1) is 27.3. The highest BCUT2D eigenvalue weighted by Crippen LogP contribution is 2.47. The average Bonchev–Trinajstić information content (AvgIpc) is 3.80. The summed E-state index contributed by atoms with van der Waals surface area (Å²) >= 11 is 7.22. The number of rotatable bonds is 9. The minimum atomic E-state index is -4.75. The Morgan fingerprint density at radius 1 is 1.04 bits per heavy atom. The van der Waals surface area contributed by atoms with Gasteiger partial charge in [-0.3, -0.25) is 9.69 Å². The summed E-state index contributed by atoms with van der Waals surface area (Å²) in [7, 11) is 4.68. The molecule has 1 aliphatic carbocycles. The van der Waals surface area contributed by atoms with Gasteiger partial charge in [0.2, 0.25) is 5.88 Å². The smallest absolute Gasteiger partial charge is 0.433 e. The lowest BCUT2D eigenvalue weighted by Gasteiger charge is -2.40. The molecule has 0 unspecified atom stereocenters. The lowest BCUT2D eigenvalue weighted by atomic mass is 9.92. The molecule has 2 atom stereocenters. The third kappa shape index (κ3) is 7.06. The molecule has 2 aromatic carbocycles. The van der Waals surface area contributed by atoms with Gasteiger partial charge < -0.3 is 25.0 Å². The summed E-state index contributed by atoms with van der Waals surface area (Å²) in [6.07, 6.45) is -0.0627. The van der Waals surface area contributed by atoms with Crippen molar-refractivity contribution in [1.82, 2.24) is 34.9 Å². The zero-order chi connectivity index (χ0) is 40.2. The molecule has 0 bridgehead atoms. The molecular weight excluding hydrogens is 761 g/mol. The molecule has 12 nitrogen and oxygen atoms in total. The van der Waals surface area contributed by atoms with Gasteiger partial charge in [-0.05, 0) is 67.5 Å². The molecule has 5 heterocycles. The largest absolute Gasteiger partial charge is 0.481 e. The van der Waals surface area contributed by atoms with Crippen LogP contribution < -0.4 is 20.9 Å². The molecule has 1 spiro atoms. The number of carbonyl (C=O) groups excluding carboxylic acids is 1. The minimum Gasteiger partial charge on any atom is -0.481 e. The highest BCUT2D eigenvalue weighted by molar-refractivity contribution is 6.36. The number of nitrogens with one attached hydrogen (secondary N) is 2. The van der Waals surface area contributed by atoms with E-state index in [0.29, 0.717) is 58.7 Å². The van der Waals surface area contributed by atoms with Crippen molar-refractivity contribution in [3.8, 4) is 28.3 Å². The molecule has 2 amide bonds. The Hall–Kier alpha value is -5.25. The fourth-order valence-corrected chi connectivity index (χ4v) is 8.89. The maximum atomic E-state index is 13.9. The Kier molecular flexibility index (Phi) is 10.1. The molecule has 3 aromatic heterocycles. The summed E-state index contributed by atoms with van der Waals surface area (Å²) < 4.78 is 53.9. The van der Waals surface area contributed by atoms with Crippen molar-refractivity contribution >= 4 is 39.9 Å². The van der Waals surface area contributed by atoms with E-state index in [9.17, 15) is 22.8 Å². The molecule has 298 valence electrons. The van der Waals surface area contributed by atoms with Gasteiger partial charge in [-0.25, -0.2) is 19.4 Å². The second kappa shape index (κ2) is 14.9. The Balaban J connectivity index is 1.08. The Morgan fingerprint density at radius 3 is 2.54 bits per heavy atom. The van der Waals surface area contributed by atoms with Crippen molar-refractivity contribution < 1.29 is 27.4 Å². The number of alkyl halides is 3. The van der Waals surface area contributed by atoms with Gasteiger partial charge in [0.15, 0.2) is 0 Å². The van der Waals surface area contributed by atoms with Crippen molar-refractivity contribution in [2.45, 2.75) is 50.4 Å². The number of hydrogen-bond donors (Lipinski definition) is 2. The molecule has 2 N–H and O–H groups in total. The maximum absolute atomic E-state index is 13.9. The first-order valence-electron chi connectivity index (χ1n) is 18.8. The summed E-state index contributed by atoms with van der Waals surface area (Å²) in [6.45, 7) is 5.20. The summed E-state index contributed by atoms with van der Waals surface area (Å²) in [5, 5.41) is 10.7. The minimum absolute atomic E-state index is 0.0146. The van der Waals surface area contributed by atoms with E-state index in [1.807, 2.05) is 36.1 Å². The lowest BCUT2D eigenvalue weighted by molar-refractivity contribution is -0.141. The first kappa shape index (κ1) is 38.6. The molecule has 0 saturated carbocycles. The van der Waals surface area contributed by atoms with E-state index in [-0.39, 0.29) is 34.2 Å². The maximum Gasteiger partial charge on any atom is 0.433 e. The van der Waals surface area contributed by atoms with Gasteiger partial charge in [-0.1, -0.05) is 41.9 Å². The van der Waals surface area contributed by atoms with E-state index in [1.165, 1.54) is 13.2 Å². The third-order valence-corrected chi connectivity index (χ3v) is 12.0. The van der Waals surface area contributed by atoms with Gasteiger partial charge in [0.1, 0.15) is 11.5 Å². The van der Waals surface area contributed by atoms with E-state index in [1.54, 1.807) is 26.4 Å². The number of aryl methyl sites for hydroxylation is 2. The second-order valence-corrected chi connectivity index (χ2v) is 15.3. The zero-order valence-corrected chi connectivity index (χ0v) is 32.7. The van der Waals surface area contributed by atoms with Crippen LogP contribution in [0, 0.1) is 6.92 Å². The number of carbonyl (C=O) groups is 1. The molecule has 3 aliphatic rings. The number of pyridine rings is 2. The van der Waals surface area contributed by atoms with Crippen LogP contribution in [0.1, 0.15) is 47.7 Å². The van der Waals surface area contributed by atoms with Crippen molar-refractivity contribution in [1.29, 1.82) is 0 Å². The summed E-state index contributed by atoms with van der Waals surface area (Å²) in [5.41, 5.74) is 4.09. The number of likely N-dealkylation sites (tertiary alicyclic amines) is 1. The van der Waals surface area contributed by atoms with Crippen LogP contribution in [0.5, 0.6) is 5.88 Å². The van der Waals surface area contributed by atoms with Crippen LogP contribution in [0.15, 0.2) is 59.5 Å². The van der Waals surface area contributed by atoms with Crippen LogP contribution >= 0.6 is 11.6 Å². The molecule has 2 fully saturated rings. The number of aromatic nitrogens is 4. The zero-order valence-electron chi connectivity index (χ0n) is 32.0. The third-order valence-electron chi connectivity index (χ3n) is 11.6. The Morgan fingerprint density at radius 2 is 1.79 bits per heavy atom.